The van der Waals surface area contributed by atoms with Crippen LogP contribution in [-0.4, -0.2) is 250 Å². The van der Waals surface area contributed by atoms with E-state index in [1.165, 1.54) is 103 Å². The van der Waals surface area contributed by atoms with Gasteiger partial charge < -0.3 is 90.4 Å². The SMILES string of the molecule is CCCCCCCCCCCCCCCCCCCOCCOCCOCCOCCOCCOCCOCCOCCOCCOCCOCCOCCOCCOCCOCCOCCOCCOCCO. The predicted octanol–water partition coefficient (Wildman–Crippen LogP) is 6.93. The van der Waals surface area contributed by atoms with Gasteiger partial charge in [0.25, 0.3) is 0 Å². The van der Waals surface area contributed by atoms with Crippen molar-refractivity contribution < 1.29 is 90.4 Å². The van der Waals surface area contributed by atoms with E-state index in [1.54, 1.807) is 0 Å². The molecule has 0 aliphatic rings. The molecule has 0 aromatic carbocycles. The van der Waals surface area contributed by atoms with Crippen molar-refractivity contribution in [2.75, 3.05) is 244 Å². The van der Waals surface area contributed by atoms with Gasteiger partial charge in [0.1, 0.15) is 0 Å². The third kappa shape index (κ3) is 71.2. The molecule has 0 heterocycles. The van der Waals surface area contributed by atoms with Crippen LogP contribution in [0.15, 0.2) is 0 Å². The maximum absolute atomic E-state index is 8.61. The molecule has 0 saturated carbocycles. The Morgan fingerprint density at radius 2 is 0.270 bits per heavy atom. The van der Waals surface area contributed by atoms with Gasteiger partial charge in [-0.05, 0) is 6.42 Å². The number of aliphatic hydroxyl groups excluding tert-OH is 1. The Kier molecular flexibility index (Phi) is 71.5. The summed E-state index contributed by atoms with van der Waals surface area (Å²) in [5.41, 5.74) is 0. The highest BCUT2D eigenvalue weighted by Gasteiger charge is 2.00. The zero-order chi connectivity index (χ0) is 52.9. The first-order chi connectivity index (χ1) is 36.9. The average molecular weight is 1080 g/mol. The molecule has 0 aromatic heterocycles. The highest BCUT2D eigenvalue weighted by Crippen LogP contribution is 2.14. The van der Waals surface area contributed by atoms with Gasteiger partial charge in [-0.15, -0.1) is 0 Å². The summed E-state index contributed by atoms with van der Waals surface area (Å²) in [6.07, 6.45) is 23.6. The summed E-state index contributed by atoms with van der Waals surface area (Å²) in [6.45, 7) is 20.9. The van der Waals surface area contributed by atoms with Crippen molar-refractivity contribution in [2.24, 2.45) is 0 Å². The van der Waals surface area contributed by atoms with Crippen LogP contribution in [0, 0.1) is 0 Å². The lowest BCUT2D eigenvalue weighted by Crippen LogP contribution is -2.16. The number of unbranched alkanes of at least 4 members (excludes halogenated alkanes) is 16. The Hall–Kier alpha value is -0.760. The summed E-state index contributed by atoms with van der Waals surface area (Å²) in [5.74, 6) is 0. The van der Waals surface area contributed by atoms with Gasteiger partial charge >= 0.3 is 0 Å². The van der Waals surface area contributed by atoms with Gasteiger partial charge in [0, 0.05) is 6.61 Å². The zero-order valence-electron chi connectivity index (χ0n) is 47.0. The number of aliphatic hydroxyl groups is 1. The largest absolute Gasteiger partial charge is 0.394 e. The van der Waals surface area contributed by atoms with Crippen LogP contribution in [0.1, 0.15) is 116 Å². The maximum atomic E-state index is 8.61. The molecular weight excluding hydrogens is 965 g/mol. The maximum Gasteiger partial charge on any atom is 0.0701 e. The zero-order valence-corrected chi connectivity index (χ0v) is 47.0. The van der Waals surface area contributed by atoms with E-state index in [0.29, 0.717) is 231 Å². The fourth-order valence-corrected chi connectivity index (χ4v) is 6.83. The van der Waals surface area contributed by atoms with E-state index in [4.69, 9.17) is 90.4 Å². The van der Waals surface area contributed by atoms with Crippen LogP contribution in [-0.2, 0) is 85.3 Å². The van der Waals surface area contributed by atoms with Crippen LogP contribution < -0.4 is 0 Å². The van der Waals surface area contributed by atoms with Crippen LogP contribution in [0.25, 0.3) is 0 Å². The highest BCUT2D eigenvalue weighted by molar-refractivity contribution is 4.51. The summed E-state index contributed by atoms with van der Waals surface area (Å²) in [6, 6.07) is 0. The monoisotopic (exact) mass is 1080 g/mol. The van der Waals surface area contributed by atoms with Gasteiger partial charge in [0.05, 0.1) is 238 Å². The number of ether oxygens (including phenoxy) is 18. The van der Waals surface area contributed by atoms with E-state index < -0.39 is 0 Å². The van der Waals surface area contributed by atoms with Gasteiger partial charge in [0.2, 0.25) is 0 Å². The van der Waals surface area contributed by atoms with Crippen LogP contribution in [0.5, 0.6) is 0 Å². The van der Waals surface area contributed by atoms with E-state index in [1.807, 2.05) is 0 Å². The van der Waals surface area contributed by atoms with Gasteiger partial charge in [-0.2, -0.15) is 0 Å². The molecule has 0 spiro atoms. The van der Waals surface area contributed by atoms with Crippen molar-refractivity contribution in [1.82, 2.24) is 0 Å². The summed E-state index contributed by atoms with van der Waals surface area (Å²) >= 11 is 0. The third-order valence-corrected chi connectivity index (χ3v) is 11.0. The standard InChI is InChI=1S/C55H112O19/c1-2-3-4-5-6-7-8-9-10-11-12-13-14-15-16-17-18-20-57-22-24-59-26-28-61-30-32-63-34-36-65-38-40-67-42-44-69-46-48-71-50-52-73-54-55-74-53-51-72-49-47-70-45-43-68-41-39-66-37-35-64-33-31-62-29-27-60-25-23-58-21-19-56/h56H,2-55H2,1H3. The summed E-state index contributed by atoms with van der Waals surface area (Å²) in [7, 11) is 0. The number of rotatable bonds is 71. The lowest BCUT2D eigenvalue weighted by atomic mass is 10.0. The molecule has 0 saturated heterocycles. The lowest BCUT2D eigenvalue weighted by molar-refractivity contribution is -0.0310. The Labute approximate surface area is 449 Å². The van der Waals surface area contributed by atoms with Crippen molar-refractivity contribution in [3.05, 3.63) is 0 Å². The molecule has 19 heteroatoms. The second-order valence-corrected chi connectivity index (χ2v) is 17.4. The van der Waals surface area contributed by atoms with Crippen molar-refractivity contribution in [1.29, 1.82) is 0 Å². The van der Waals surface area contributed by atoms with Crippen molar-refractivity contribution in [2.45, 2.75) is 116 Å². The van der Waals surface area contributed by atoms with Crippen LogP contribution >= 0.6 is 0 Å². The normalized spacial score (nSPS) is 11.8. The topological polar surface area (TPSA) is 186 Å². The van der Waals surface area contributed by atoms with E-state index in [0.717, 1.165) is 13.0 Å². The average Bonchev–Trinajstić information content (AvgIpc) is 3.41. The quantitative estimate of drug-likeness (QED) is 0.0618. The molecule has 0 radical (unpaired) electrons. The molecule has 0 bridgehead atoms. The van der Waals surface area contributed by atoms with Crippen molar-refractivity contribution >= 4 is 0 Å². The van der Waals surface area contributed by atoms with Crippen LogP contribution in [0.2, 0.25) is 0 Å². The fourth-order valence-electron chi connectivity index (χ4n) is 6.83. The first-order valence-electron chi connectivity index (χ1n) is 28.9. The molecule has 0 unspecified atom stereocenters. The van der Waals surface area contributed by atoms with E-state index in [9.17, 15) is 0 Å². The Balaban J connectivity index is 3.07. The smallest absolute Gasteiger partial charge is 0.0701 e. The van der Waals surface area contributed by atoms with E-state index >= 15 is 0 Å². The van der Waals surface area contributed by atoms with Crippen LogP contribution in [0.3, 0.4) is 0 Å². The molecule has 0 fully saturated rings. The lowest BCUT2D eigenvalue weighted by Gasteiger charge is -2.09. The van der Waals surface area contributed by atoms with Gasteiger partial charge in [-0.1, -0.05) is 110 Å². The van der Waals surface area contributed by atoms with E-state index in [-0.39, 0.29) is 6.61 Å². The molecule has 1 N–H and O–H groups in total. The molecule has 0 atom stereocenters. The molecule has 0 aliphatic heterocycles. The van der Waals surface area contributed by atoms with Crippen molar-refractivity contribution in [3.8, 4) is 0 Å². The molecule has 0 rings (SSSR count). The molecule has 446 valence electrons. The van der Waals surface area contributed by atoms with Gasteiger partial charge in [-0.3, -0.25) is 0 Å². The Morgan fingerprint density at radius 3 is 0.419 bits per heavy atom. The minimum atomic E-state index is 0.0214. The molecule has 19 nitrogen and oxygen atoms in total. The number of hydrogen-bond donors (Lipinski definition) is 1. The molecule has 0 aliphatic carbocycles. The molecular formula is C55H112O19. The minimum Gasteiger partial charge on any atom is -0.394 e. The molecule has 74 heavy (non-hydrogen) atoms. The fraction of sp³-hybridized carbons (Fsp3) is 1.00. The molecule has 0 amide bonds. The summed E-state index contributed by atoms with van der Waals surface area (Å²) in [5, 5.41) is 8.61. The van der Waals surface area contributed by atoms with Gasteiger partial charge in [-0.25, -0.2) is 0 Å². The van der Waals surface area contributed by atoms with E-state index in [2.05, 4.69) is 6.92 Å². The summed E-state index contributed by atoms with van der Waals surface area (Å²) in [4.78, 5) is 0. The first kappa shape index (κ1) is 73.2. The highest BCUT2D eigenvalue weighted by atomic mass is 16.6. The second kappa shape index (κ2) is 72.2. The summed E-state index contributed by atoms with van der Waals surface area (Å²) < 4.78 is 98.9. The van der Waals surface area contributed by atoms with Gasteiger partial charge in [0.15, 0.2) is 0 Å². The Bertz CT molecular complexity index is 877. The second-order valence-electron chi connectivity index (χ2n) is 17.4. The molecule has 0 aromatic rings. The first-order valence-corrected chi connectivity index (χ1v) is 28.9. The predicted molar refractivity (Wildman–Crippen MR) is 286 cm³/mol. The Morgan fingerprint density at radius 1 is 0.149 bits per heavy atom. The minimum absolute atomic E-state index is 0.0214. The third-order valence-electron chi connectivity index (χ3n) is 11.0. The van der Waals surface area contributed by atoms with Crippen molar-refractivity contribution in [3.63, 3.8) is 0 Å². The van der Waals surface area contributed by atoms with Crippen LogP contribution in [0.4, 0.5) is 0 Å². The number of hydrogen-bond acceptors (Lipinski definition) is 19.